The van der Waals surface area contributed by atoms with Crippen molar-refractivity contribution in [1.29, 1.82) is 0 Å². The fourth-order valence-corrected chi connectivity index (χ4v) is 2.77. The van der Waals surface area contributed by atoms with Gasteiger partial charge in [0, 0.05) is 19.1 Å². The van der Waals surface area contributed by atoms with Crippen LogP contribution in [0.5, 0.6) is 0 Å². The molecule has 1 rings (SSSR count). The SMILES string of the molecule is CC(C)CCNC(N)=NCCCN(C)C1CCCCC1.I. The highest BCUT2D eigenvalue weighted by Crippen LogP contribution is 2.21. The second-order valence-corrected chi connectivity index (χ2v) is 6.50. The van der Waals surface area contributed by atoms with Gasteiger partial charge in [-0.15, -0.1) is 24.0 Å². The van der Waals surface area contributed by atoms with Gasteiger partial charge in [-0.1, -0.05) is 33.1 Å². The molecule has 21 heavy (non-hydrogen) atoms. The Bertz CT molecular complexity index is 275. The summed E-state index contributed by atoms with van der Waals surface area (Å²) in [5, 5.41) is 3.18. The van der Waals surface area contributed by atoms with Gasteiger partial charge in [0.15, 0.2) is 5.96 Å². The van der Waals surface area contributed by atoms with Crippen molar-refractivity contribution in [1.82, 2.24) is 10.2 Å². The standard InChI is InChI=1S/C16H34N4.HI/c1-14(2)10-12-19-16(17)18-11-7-13-20(3)15-8-5-4-6-9-15;/h14-15H,4-13H2,1-3H3,(H3,17,18,19);1H. The van der Waals surface area contributed by atoms with Crippen molar-refractivity contribution in [3.63, 3.8) is 0 Å². The Hall–Kier alpha value is -0.0400. The molecule has 0 aromatic carbocycles. The fraction of sp³-hybridized carbons (Fsp3) is 0.938. The van der Waals surface area contributed by atoms with E-state index in [9.17, 15) is 0 Å². The average Bonchev–Trinajstić information content (AvgIpc) is 2.44. The van der Waals surface area contributed by atoms with Crippen LogP contribution in [0.4, 0.5) is 0 Å². The molecule has 0 aliphatic heterocycles. The number of halogens is 1. The molecule has 3 N–H and O–H groups in total. The van der Waals surface area contributed by atoms with Gasteiger partial charge in [-0.05, 0) is 45.2 Å². The molecule has 126 valence electrons. The third kappa shape index (κ3) is 10.3. The van der Waals surface area contributed by atoms with Gasteiger partial charge in [-0.2, -0.15) is 0 Å². The first-order valence-electron chi connectivity index (χ1n) is 8.33. The number of nitrogens with zero attached hydrogens (tertiary/aromatic N) is 2. The molecule has 5 heteroatoms. The number of hydrogen-bond acceptors (Lipinski definition) is 2. The predicted molar refractivity (Wildman–Crippen MR) is 103 cm³/mol. The van der Waals surface area contributed by atoms with Gasteiger partial charge < -0.3 is 16.0 Å². The summed E-state index contributed by atoms with van der Waals surface area (Å²) in [6, 6.07) is 0.800. The van der Waals surface area contributed by atoms with E-state index in [1.54, 1.807) is 0 Å². The van der Waals surface area contributed by atoms with Crippen LogP contribution >= 0.6 is 24.0 Å². The first kappa shape index (κ1) is 21.0. The van der Waals surface area contributed by atoms with E-state index >= 15 is 0 Å². The number of guanidine groups is 1. The van der Waals surface area contributed by atoms with Crippen molar-refractivity contribution in [2.45, 2.75) is 64.8 Å². The lowest BCUT2D eigenvalue weighted by Gasteiger charge is -2.30. The molecule has 0 aromatic rings. The Morgan fingerprint density at radius 2 is 1.95 bits per heavy atom. The van der Waals surface area contributed by atoms with E-state index in [1.165, 1.54) is 32.1 Å². The summed E-state index contributed by atoms with van der Waals surface area (Å²) in [4.78, 5) is 6.91. The zero-order valence-corrected chi connectivity index (χ0v) is 16.4. The van der Waals surface area contributed by atoms with Gasteiger partial charge in [0.2, 0.25) is 0 Å². The zero-order chi connectivity index (χ0) is 14.8. The molecule has 0 spiro atoms. The molecule has 0 atom stereocenters. The van der Waals surface area contributed by atoms with Crippen molar-refractivity contribution in [3.8, 4) is 0 Å². The molecule has 0 aromatic heterocycles. The molecule has 1 aliphatic rings. The lowest BCUT2D eigenvalue weighted by atomic mass is 9.94. The normalized spacial score (nSPS) is 17.1. The van der Waals surface area contributed by atoms with Crippen molar-refractivity contribution in [2.24, 2.45) is 16.6 Å². The summed E-state index contributed by atoms with van der Waals surface area (Å²) in [6.07, 6.45) is 9.21. The molecule has 0 radical (unpaired) electrons. The number of aliphatic imine (C=N–C) groups is 1. The number of hydrogen-bond donors (Lipinski definition) is 2. The second kappa shape index (κ2) is 12.5. The average molecular weight is 410 g/mol. The maximum atomic E-state index is 5.84. The summed E-state index contributed by atoms with van der Waals surface area (Å²) in [5.41, 5.74) is 5.84. The monoisotopic (exact) mass is 410 g/mol. The first-order valence-corrected chi connectivity index (χ1v) is 8.33. The largest absolute Gasteiger partial charge is 0.370 e. The van der Waals surface area contributed by atoms with Gasteiger partial charge in [0.05, 0.1) is 0 Å². The summed E-state index contributed by atoms with van der Waals surface area (Å²) in [6.45, 7) is 7.33. The van der Waals surface area contributed by atoms with Crippen LogP contribution in [0.3, 0.4) is 0 Å². The van der Waals surface area contributed by atoms with Gasteiger partial charge in [0.1, 0.15) is 0 Å². The van der Waals surface area contributed by atoms with Gasteiger partial charge in [0.25, 0.3) is 0 Å². The lowest BCUT2D eigenvalue weighted by Crippen LogP contribution is -2.35. The van der Waals surface area contributed by atoms with Crippen molar-refractivity contribution >= 4 is 29.9 Å². The summed E-state index contributed by atoms with van der Waals surface area (Å²) in [5.74, 6) is 1.31. The highest BCUT2D eigenvalue weighted by molar-refractivity contribution is 14.0. The van der Waals surface area contributed by atoms with E-state index in [0.29, 0.717) is 11.9 Å². The first-order chi connectivity index (χ1) is 9.59. The number of nitrogens with one attached hydrogen (secondary N) is 1. The van der Waals surface area contributed by atoms with E-state index in [1.807, 2.05) is 0 Å². The molecular formula is C16H35IN4. The van der Waals surface area contributed by atoms with Crippen LogP contribution in [0.2, 0.25) is 0 Å². The topological polar surface area (TPSA) is 53.6 Å². The van der Waals surface area contributed by atoms with Gasteiger partial charge in [-0.3, -0.25) is 4.99 Å². The van der Waals surface area contributed by atoms with Crippen LogP contribution in [0, 0.1) is 5.92 Å². The second-order valence-electron chi connectivity index (χ2n) is 6.50. The fourth-order valence-electron chi connectivity index (χ4n) is 2.77. The molecule has 4 nitrogen and oxygen atoms in total. The smallest absolute Gasteiger partial charge is 0.188 e. The minimum atomic E-state index is 0. The highest BCUT2D eigenvalue weighted by atomic mass is 127. The molecule has 0 saturated heterocycles. The Balaban J connectivity index is 0.00000400. The van der Waals surface area contributed by atoms with E-state index < -0.39 is 0 Å². The van der Waals surface area contributed by atoms with E-state index in [-0.39, 0.29) is 24.0 Å². The summed E-state index contributed by atoms with van der Waals surface area (Å²) >= 11 is 0. The van der Waals surface area contributed by atoms with Crippen LogP contribution in [0.1, 0.15) is 58.8 Å². The number of rotatable bonds is 8. The number of nitrogens with two attached hydrogens (primary N) is 1. The highest BCUT2D eigenvalue weighted by Gasteiger charge is 2.16. The molecule has 1 saturated carbocycles. The van der Waals surface area contributed by atoms with Crippen molar-refractivity contribution < 1.29 is 0 Å². The van der Waals surface area contributed by atoms with Crippen LogP contribution < -0.4 is 11.1 Å². The van der Waals surface area contributed by atoms with Gasteiger partial charge in [-0.25, -0.2) is 0 Å². The van der Waals surface area contributed by atoms with Crippen molar-refractivity contribution in [2.75, 3.05) is 26.7 Å². The minimum Gasteiger partial charge on any atom is -0.370 e. The van der Waals surface area contributed by atoms with Crippen LogP contribution in [-0.4, -0.2) is 43.6 Å². The van der Waals surface area contributed by atoms with Crippen LogP contribution in [0.15, 0.2) is 4.99 Å². The maximum absolute atomic E-state index is 5.84. The Morgan fingerprint density at radius 1 is 1.29 bits per heavy atom. The molecular weight excluding hydrogens is 375 g/mol. The van der Waals surface area contributed by atoms with E-state index in [4.69, 9.17) is 5.73 Å². The molecule has 0 amide bonds. The van der Waals surface area contributed by atoms with Crippen LogP contribution in [-0.2, 0) is 0 Å². The predicted octanol–water partition coefficient (Wildman–Crippen LogP) is 3.21. The van der Waals surface area contributed by atoms with E-state index in [0.717, 1.165) is 38.5 Å². The summed E-state index contributed by atoms with van der Waals surface area (Å²) < 4.78 is 0. The molecule has 0 heterocycles. The maximum Gasteiger partial charge on any atom is 0.188 e. The third-order valence-electron chi connectivity index (χ3n) is 4.18. The molecule has 0 unspecified atom stereocenters. The zero-order valence-electron chi connectivity index (χ0n) is 14.1. The van der Waals surface area contributed by atoms with Crippen molar-refractivity contribution in [3.05, 3.63) is 0 Å². The Morgan fingerprint density at radius 3 is 2.57 bits per heavy atom. The Kier molecular flexibility index (Phi) is 12.5. The molecule has 0 bridgehead atoms. The van der Waals surface area contributed by atoms with E-state index in [2.05, 4.69) is 36.1 Å². The third-order valence-corrected chi connectivity index (χ3v) is 4.18. The molecule has 1 aliphatic carbocycles. The molecule has 1 fully saturated rings. The summed E-state index contributed by atoms with van der Waals surface area (Å²) in [7, 11) is 2.25. The van der Waals surface area contributed by atoms with Gasteiger partial charge >= 0.3 is 0 Å². The quantitative estimate of drug-likeness (QED) is 0.280. The Labute approximate surface area is 148 Å². The lowest BCUT2D eigenvalue weighted by molar-refractivity contribution is 0.191. The minimum absolute atomic E-state index is 0. The van der Waals surface area contributed by atoms with Crippen LogP contribution in [0.25, 0.3) is 0 Å².